The smallest absolute Gasteiger partial charge is 0.372 e. The molecular formula is C12H12N2O5. The van der Waals surface area contributed by atoms with E-state index in [0.717, 1.165) is 4.57 Å². The van der Waals surface area contributed by atoms with Crippen LogP contribution in [-0.2, 0) is 13.1 Å². The molecule has 19 heavy (non-hydrogen) atoms. The van der Waals surface area contributed by atoms with E-state index in [1.54, 1.807) is 6.92 Å². The average molecular weight is 264 g/mol. The number of rotatable bonds is 4. The first kappa shape index (κ1) is 12.9. The van der Waals surface area contributed by atoms with Gasteiger partial charge in [-0.2, -0.15) is 0 Å². The topological polar surface area (TPSA) is 94.4 Å². The first-order valence-corrected chi connectivity index (χ1v) is 5.64. The second-order valence-corrected chi connectivity index (χ2v) is 3.89. The van der Waals surface area contributed by atoms with Crippen molar-refractivity contribution < 1.29 is 14.3 Å². The summed E-state index contributed by atoms with van der Waals surface area (Å²) in [5.74, 6) is -1.50. The highest BCUT2D eigenvalue weighted by Gasteiger charge is 2.16. The summed E-state index contributed by atoms with van der Waals surface area (Å²) in [4.78, 5) is 34.6. The Bertz CT molecular complexity index is 722. The molecule has 0 bridgehead atoms. The molecule has 7 nitrogen and oxygen atoms in total. The van der Waals surface area contributed by atoms with Crippen LogP contribution in [0.5, 0.6) is 0 Å². The zero-order valence-electron chi connectivity index (χ0n) is 10.2. The largest absolute Gasteiger partial charge is 0.475 e. The van der Waals surface area contributed by atoms with Crippen LogP contribution in [0.2, 0.25) is 0 Å². The Hall–Kier alpha value is -2.57. The molecule has 0 aliphatic heterocycles. The number of hydrogen-bond donors (Lipinski definition) is 1. The van der Waals surface area contributed by atoms with Crippen molar-refractivity contribution in [3.63, 3.8) is 0 Å². The van der Waals surface area contributed by atoms with E-state index < -0.39 is 17.2 Å². The molecule has 2 heterocycles. The Kier molecular flexibility index (Phi) is 3.37. The molecule has 1 N–H and O–H groups in total. The molecule has 0 aliphatic rings. The second-order valence-electron chi connectivity index (χ2n) is 3.89. The fourth-order valence-corrected chi connectivity index (χ4v) is 1.76. The molecule has 0 saturated carbocycles. The summed E-state index contributed by atoms with van der Waals surface area (Å²) in [5, 5.41) is 8.91. The Morgan fingerprint density at radius 2 is 2.11 bits per heavy atom. The van der Waals surface area contributed by atoms with E-state index in [2.05, 4.69) is 0 Å². The highest BCUT2D eigenvalue weighted by Crippen LogP contribution is 2.10. The third-order valence-corrected chi connectivity index (χ3v) is 2.75. The van der Waals surface area contributed by atoms with Crippen LogP contribution in [0.4, 0.5) is 0 Å². The van der Waals surface area contributed by atoms with E-state index in [-0.39, 0.29) is 17.9 Å². The van der Waals surface area contributed by atoms with Crippen LogP contribution in [0, 0.1) is 0 Å². The van der Waals surface area contributed by atoms with Gasteiger partial charge in [0.05, 0.1) is 12.8 Å². The summed E-state index contributed by atoms with van der Waals surface area (Å²) >= 11 is 0. The van der Waals surface area contributed by atoms with E-state index in [4.69, 9.17) is 9.52 Å². The molecule has 2 rings (SSSR count). The summed E-state index contributed by atoms with van der Waals surface area (Å²) in [6.45, 7) is 2.07. The first-order chi connectivity index (χ1) is 9.04. The maximum absolute atomic E-state index is 12.0. The molecule has 0 saturated heterocycles. The van der Waals surface area contributed by atoms with Gasteiger partial charge in [-0.3, -0.25) is 9.36 Å². The molecule has 100 valence electrons. The summed E-state index contributed by atoms with van der Waals surface area (Å²) in [7, 11) is 0. The predicted molar refractivity (Wildman–Crippen MR) is 65.4 cm³/mol. The summed E-state index contributed by atoms with van der Waals surface area (Å²) in [6, 6.07) is 2.70. The summed E-state index contributed by atoms with van der Waals surface area (Å²) in [5.41, 5.74) is -0.680. The average Bonchev–Trinajstić information content (AvgIpc) is 2.83. The van der Waals surface area contributed by atoms with Gasteiger partial charge >= 0.3 is 11.7 Å². The molecule has 2 aromatic heterocycles. The van der Waals surface area contributed by atoms with Crippen LogP contribution in [0.15, 0.2) is 38.6 Å². The molecule has 0 fully saturated rings. The minimum absolute atomic E-state index is 0.128. The monoisotopic (exact) mass is 264 g/mol. The SMILES string of the molecule is CCn1ccc(=O)n(Cc2ccoc2C(=O)O)c1=O. The van der Waals surface area contributed by atoms with Crippen molar-refractivity contribution in [2.75, 3.05) is 0 Å². The van der Waals surface area contributed by atoms with Gasteiger partial charge in [-0.25, -0.2) is 9.59 Å². The normalized spacial score (nSPS) is 10.6. The fraction of sp³-hybridized carbons (Fsp3) is 0.250. The van der Waals surface area contributed by atoms with E-state index >= 15 is 0 Å². The van der Waals surface area contributed by atoms with Crippen LogP contribution >= 0.6 is 0 Å². The molecule has 2 aromatic rings. The van der Waals surface area contributed by atoms with Crippen molar-refractivity contribution in [1.29, 1.82) is 0 Å². The van der Waals surface area contributed by atoms with Crippen LogP contribution in [0.25, 0.3) is 0 Å². The number of nitrogens with zero attached hydrogens (tertiary/aromatic N) is 2. The number of carboxylic acid groups (broad SMARTS) is 1. The van der Waals surface area contributed by atoms with Gasteiger partial charge in [-0.05, 0) is 13.0 Å². The maximum atomic E-state index is 12.0. The van der Waals surface area contributed by atoms with Crippen LogP contribution in [-0.4, -0.2) is 20.2 Å². The molecule has 0 spiro atoms. The zero-order valence-corrected chi connectivity index (χ0v) is 10.2. The molecule has 0 unspecified atom stereocenters. The Morgan fingerprint density at radius 3 is 2.74 bits per heavy atom. The highest BCUT2D eigenvalue weighted by atomic mass is 16.4. The van der Waals surface area contributed by atoms with Gasteiger partial charge in [0, 0.05) is 24.4 Å². The lowest BCUT2D eigenvalue weighted by molar-refractivity contribution is 0.0660. The van der Waals surface area contributed by atoms with Gasteiger partial charge in [0.15, 0.2) is 0 Å². The zero-order chi connectivity index (χ0) is 14.0. The van der Waals surface area contributed by atoms with Gasteiger partial charge in [0.2, 0.25) is 5.76 Å². The molecule has 0 aliphatic carbocycles. The molecule has 0 amide bonds. The minimum atomic E-state index is -1.24. The number of furan rings is 1. The highest BCUT2D eigenvalue weighted by molar-refractivity contribution is 5.86. The Labute approximate surface area is 107 Å². The van der Waals surface area contributed by atoms with Crippen molar-refractivity contribution in [2.45, 2.75) is 20.0 Å². The van der Waals surface area contributed by atoms with Gasteiger partial charge in [-0.15, -0.1) is 0 Å². The minimum Gasteiger partial charge on any atom is -0.475 e. The van der Waals surface area contributed by atoms with Gasteiger partial charge in [0.1, 0.15) is 0 Å². The lowest BCUT2D eigenvalue weighted by Gasteiger charge is -2.07. The Morgan fingerprint density at radius 1 is 1.37 bits per heavy atom. The number of hydrogen-bond acceptors (Lipinski definition) is 4. The third-order valence-electron chi connectivity index (χ3n) is 2.75. The number of carboxylic acids is 1. The van der Waals surface area contributed by atoms with Gasteiger partial charge in [-0.1, -0.05) is 0 Å². The van der Waals surface area contributed by atoms with Crippen molar-refractivity contribution in [3.8, 4) is 0 Å². The number of aryl methyl sites for hydroxylation is 1. The van der Waals surface area contributed by atoms with E-state index in [1.807, 2.05) is 0 Å². The van der Waals surface area contributed by atoms with Crippen LogP contribution in [0.1, 0.15) is 23.0 Å². The molecular weight excluding hydrogens is 252 g/mol. The predicted octanol–water partition coefficient (Wildman–Crippen LogP) is 0.369. The van der Waals surface area contributed by atoms with Crippen molar-refractivity contribution in [1.82, 2.24) is 9.13 Å². The van der Waals surface area contributed by atoms with E-state index in [0.29, 0.717) is 6.54 Å². The number of carbonyl (C=O) groups is 1. The number of aromatic carboxylic acids is 1. The maximum Gasteiger partial charge on any atom is 0.372 e. The van der Waals surface area contributed by atoms with Crippen LogP contribution < -0.4 is 11.2 Å². The lowest BCUT2D eigenvalue weighted by Crippen LogP contribution is -2.39. The molecule has 0 radical (unpaired) electrons. The lowest BCUT2D eigenvalue weighted by atomic mass is 10.2. The molecule has 7 heteroatoms. The quantitative estimate of drug-likeness (QED) is 0.860. The molecule has 0 atom stereocenters. The van der Waals surface area contributed by atoms with Crippen LogP contribution in [0.3, 0.4) is 0 Å². The second kappa shape index (κ2) is 4.97. The van der Waals surface area contributed by atoms with Gasteiger partial charge in [0.25, 0.3) is 5.56 Å². The van der Waals surface area contributed by atoms with Crippen molar-refractivity contribution in [3.05, 3.63) is 56.8 Å². The van der Waals surface area contributed by atoms with Crippen molar-refractivity contribution >= 4 is 5.97 Å². The fourth-order valence-electron chi connectivity index (χ4n) is 1.76. The Balaban J connectivity index is 2.50. The first-order valence-electron chi connectivity index (χ1n) is 5.64. The molecule has 0 aromatic carbocycles. The standard InChI is InChI=1S/C12H12N2O5/c1-2-13-5-3-9(15)14(12(13)18)7-8-4-6-19-10(8)11(16)17/h3-6H,2,7H2,1H3,(H,16,17). The van der Waals surface area contributed by atoms with Gasteiger partial charge < -0.3 is 14.1 Å². The summed E-state index contributed by atoms with van der Waals surface area (Å²) < 4.78 is 7.15. The number of aromatic nitrogens is 2. The van der Waals surface area contributed by atoms with E-state index in [9.17, 15) is 14.4 Å². The third kappa shape index (κ3) is 2.35. The summed E-state index contributed by atoms with van der Waals surface area (Å²) in [6.07, 6.45) is 2.62. The van der Waals surface area contributed by atoms with Crippen molar-refractivity contribution in [2.24, 2.45) is 0 Å². The van der Waals surface area contributed by atoms with E-state index in [1.165, 1.54) is 29.2 Å².